The van der Waals surface area contributed by atoms with Crippen molar-refractivity contribution in [1.82, 2.24) is 10.3 Å². The van der Waals surface area contributed by atoms with Crippen molar-refractivity contribution < 1.29 is 14.3 Å². The molecule has 0 radical (unpaired) electrons. The lowest BCUT2D eigenvalue weighted by Gasteiger charge is -2.18. The Morgan fingerprint density at radius 2 is 1.39 bits per heavy atom. The summed E-state index contributed by atoms with van der Waals surface area (Å²) in [6.45, 7) is 4.87. The first-order valence-electron chi connectivity index (χ1n) is 14.7. The number of benzene rings is 1. The molecule has 0 saturated carbocycles. The number of rotatable bonds is 21. The molecule has 2 rings (SSSR count). The van der Waals surface area contributed by atoms with Gasteiger partial charge in [-0.2, -0.15) is 0 Å². The van der Waals surface area contributed by atoms with Gasteiger partial charge in [0.2, 0.25) is 5.91 Å². The zero-order valence-electron chi connectivity index (χ0n) is 22.9. The van der Waals surface area contributed by atoms with Gasteiger partial charge in [0.25, 0.3) is 0 Å². The average Bonchev–Trinajstić information content (AvgIpc) is 3.29. The summed E-state index contributed by atoms with van der Waals surface area (Å²) in [6, 6.07) is 7.39. The van der Waals surface area contributed by atoms with Gasteiger partial charge in [0, 0.05) is 29.9 Å². The van der Waals surface area contributed by atoms with Crippen LogP contribution >= 0.6 is 0 Å². The average molecular weight is 499 g/mol. The van der Waals surface area contributed by atoms with Crippen LogP contribution in [0, 0.1) is 0 Å². The molecule has 0 aliphatic heterocycles. The van der Waals surface area contributed by atoms with E-state index in [4.69, 9.17) is 4.74 Å². The quantitative estimate of drug-likeness (QED) is 0.135. The molecule has 202 valence electrons. The number of ether oxygens (including phenoxy) is 1. The molecule has 1 amide bonds. The van der Waals surface area contributed by atoms with Crippen LogP contribution in [-0.4, -0.2) is 29.5 Å². The molecule has 1 aromatic carbocycles. The fourth-order valence-corrected chi connectivity index (χ4v) is 4.73. The van der Waals surface area contributed by atoms with Crippen molar-refractivity contribution in [1.29, 1.82) is 0 Å². The van der Waals surface area contributed by atoms with Gasteiger partial charge in [-0.05, 0) is 24.5 Å². The molecular weight excluding hydrogens is 448 g/mol. The molecule has 36 heavy (non-hydrogen) atoms. The number of carbonyl (C=O) groups excluding carboxylic acids is 2. The van der Waals surface area contributed by atoms with E-state index in [0.29, 0.717) is 19.4 Å². The molecule has 0 spiro atoms. The molecule has 5 heteroatoms. The highest BCUT2D eigenvalue weighted by Gasteiger charge is 2.24. The predicted molar refractivity (Wildman–Crippen MR) is 150 cm³/mol. The molecule has 0 bridgehead atoms. The number of H-pyrrole nitrogens is 1. The summed E-state index contributed by atoms with van der Waals surface area (Å²) >= 11 is 0. The fourth-order valence-electron chi connectivity index (χ4n) is 4.73. The third-order valence-electron chi connectivity index (χ3n) is 6.97. The van der Waals surface area contributed by atoms with E-state index in [1.807, 2.05) is 30.5 Å². The van der Waals surface area contributed by atoms with Crippen LogP contribution in [0.3, 0.4) is 0 Å². The SMILES string of the molecule is CCCCCCCCCCCC(=O)NC(Cc1c[nH]c2ccccc12)C(=O)OCCCCCCCC. The molecule has 0 saturated heterocycles. The summed E-state index contributed by atoms with van der Waals surface area (Å²) in [5, 5.41) is 4.07. The van der Waals surface area contributed by atoms with Gasteiger partial charge in [0.15, 0.2) is 0 Å². The Hall–Kier alpha value is -2.30. The summed E-state index contributed by atoms with van der Waals surface area (Å²) in [4.78, 5) is 28.9. The molecule has 0 aliphatic rings. The smallest absolute Gasteiger partial charge is 0.328 e. The molecular formula is C31H50N2O3. The van der Waals surface area contributed by atoms with Gasteiger partial charge in [-0.1, -0.05) is 116 Å². The Bertz CT molecular complexity index is 860. The van der Waals surface area contributed by atoms with Gasteiger partial charge in [0.1, 0.15) is 6.04 Å². The first-order chi connectivity index (χ1) is 17.7. The number of para-hydroxylation sites is 1. The highest BCUT2D eigenvalue weighted by atomic mass is 16.5. The van der Waals surface area contributed by atoms with Crippen molar-refractivity contribution >= 4 is 22.8 Å². The standard InChI is InChI=1S/C31H50N2O3/c1-3-5-7-9-11-12-13-14-16-22-30(34)33-29(31(35)36-23-19-15-10-8-6-4-2)24-26-25-32-28-21-18-17-20-27(26)28/h17-18,20-21,25,29,32H,3-16,19,22-24H2,1-2H3,(H,33,34). The number of hydrogen-bond acceptors (Lipinski definition) is 3. The van der Waals surface area contributed by atoms with Crippen molar-refractivity contribution in [3.8, 4) is 0 Å². The Balaban J connectivity index is 1.79. The lowest BCUT2D eigenvalue weighted by atomic mass is 10.0. The van der Waals surface area contributed by atoms with E-state index in [0.717, 1.165) is 42.1 Å². The zero-order valence-corrected chi connectivity index (χ0v) is 22.9. The van der Waals surface area contributed by atoms with Crippen molar-refractivity contribution in [2.75, 3.05) is 6.61 Å². The summed E-state index contributed by atoms with van der Waals surface area (Å²) in [7, 11) is 0. The summed E-state index contributed by atoms with van der Waals surface area (Å²) in [5.41, 5.74) is 2.06. The summed E-state index contributed by atoms with van der Waals surface area (Å²) < 4.78 is 5.61. The van der Waals surface area contributed by atoms with Gasteiger partial charge in [0.05, 0.1) is 6.61 Å². The van der Waals surface area contributed by atoms with E-state index >= 15 is 0 Å². The first-order valence-corrected chi connectivity index (χ1v) is 14.7. The summed E-state index contributed by atoms with van der Waals surface area (Å²) in [6.07, 6.45) is 20.6. The third kappa shape index (κ3) is 12.1. The van der Waals surface area contributed by atoms with Crippen molar-refractivity contribution in [2.24, 2.45) is 0 Å². The van der Waals surface area contributed by atoms with Crippen LogP contribution in [0.15, 0.2) is 30.5 Å². The van der Waals surface area contributed by atoms with Crippen LogP contribution in [-0.2, 0) is 20.7 Å². The van der Waals surface area contributed by atoms with Crippen molar-refractivity contribution in [2.45, 2.75) is 129 Å². The van der Waals surface area contributed by atoms with E-state index in [-0.39, 0.29) is 11.9 Å². The molecule has 1 heterocycles. The number of aromatic nitrogens is 1. The van der Waals surface area contributed by atoms with Gasteiger partial charge in [-0.15, -0.1) is 0 Å². The molecule has 0 aliphatic carbocycles. The molecule has 0 fully saturated rings. The maximum absolute atomic E-state index is 13.0. The minimum Gasteiger partial charge on any atom is -0.464 e. The molecule has 1 atom stereocenters. The largest absolute Gasteiger partial charge is 0.464 e. The minimum absolute atomic E-state index is 0.0562. The van der Waals surface area contributed by atoms with Crippen LogP contribution in [0.4, 0.5) is 0 Å². The van der Waals surface area contributed by atoms with Crippen LogP contribution in [0.5, 0.6) is 0 Å². The highest BCUT2D eigenvalue weighted by Crippen LogP contribution is 2.20. The number of aromatic amines is 1. The maximum atomic E-state index is 13.0. The topological polar surface area (TPSA) is 71.2 Å². The fraction of sp³-hybridized carbons (Fsp3) is 0.677. The number of esters is 1. The van der Waals surface area contributed by atoms with E-state index in [2.05, 4.69) is 24.1 Å². The number of unbranched alkanes of at least 4 members (excludes halogenated alkanes) is 13. The number of nitrogens with one attached hydrogen (secondary N) is 2. The molecule has 5 nitrogen and oxygen atoms in total. The van der Waals surface area contributed by atoms with Crippen LogP contribution in [0.2, 0.25) is 0 Å². The normalized spacial score (nSPS) is 12.1. The van der Waals surface area contributed by atoms with Gasteiger partial charge in [-0.25, -0.2) is 4.79 Å². The second kappa shape index (κ2) is 18.9. The zero-order chi connectivity index (χ0) is 25.8. The monoisotopic (exact) mass is 498 g/mol. The van der Waals surface area contributed by atoms with Gasteiger partial charge in [-0.3, -0.25) is 4.79 Å². The second-order valence-corrected chi connectivity index (χ2v) is 10.2. The first kappa shape index (κ1) is 29.9. The van der Waals surface area contributed by atoms with Crippen molar-refractivity contribution in [3.63, 3.8) is 0 Å². The highest BCUT2D eigenvalue weighted by molar-refractivity contribution is 5.87. The van der Waals surface area contributed by atoms with Crippen LogP contribution in [0.25, 0.3) is 10.9 Å². The van der Waals surface area contributed by atoms with Crippen LogP contribution in [0.1, 0.15) is 122 Å². The lowest BCUT2D eigenvalue weighted by molar-refractivity contribution is -0.148. The second-order valence-electron chi connectivity index (χ2n) is 10.2. The molecule has 1 aromatic heterocycles. The molecule has 2 N–H and O–H groups in total. The van der Waals surface area contributed by atoms with E-state index < -0.39 is 6.04 Å². The Morgan fingerprint density at radius 3 is 2.06 bits per heavy atom. The van der Waals surface area contributed by atoms with Gasteiger partial charge >= 0.3 is 5.97 Å². The summed E-state index contributed by atoms with van der Waals surface area (Å²) in [5.74, 6) is -0.381. The number of carbonyl (C=O) groups is 2. The predicted octanol–water partition coefficient (Wildman–Crippen LogP) is 8.02. The number of hydrogen-bond donors (Lipinski definition) is 2. The maximum Gasteiger partial charge on any atom is 0.328 e. The van der Waals surface area contributed by atoms with Gasteiger partial charge < -0.3 is 15.0 Å². The van der Waals surface area contributed by atoms with E-state index in [9.17, 15) is 9.59 Å². The molecule has 2 aromatic rings. The van der Waals surface area contributed by atoms with Crippen molar-refractivity contribution in [3.05, 3.63) is 36.0 Å². The van der Waals surface area contributed by atoms with E-state index in [1.165, 1.54) is 70.6 Å². The Morgan fingerprint density at radius 1 is 0.806 bits per heavy atom. The van der Waals surface area contributed by atoms with E-state index in [1.54, 1.807) is 0 Å². The van der Waals surface area contributed by atoms with Crippen LogP contribution < -0.4 is 5.32 Å². The number of amides is 1. The number of fused-ring (bicyclic) bond motifs is 1. The third-order valence-corrected chi connectivity index (χ3v) is 6.97. The minimum atomic E-state index is -0.657. The Labute approximate surface area is 219 Å². The Kier molecular flexibility index (Phi) is 15.7. The molecule has 1 unspecified atom stereocenters. The lowest BCUT2D eigenvalue weighted by Crippen LogP contribution is -2.43.